The van der Waals surface area contributed by atoms with Crippen LogP contribution in [0.2, 0.25) is 0 Å². The highest BCUT2D eigenvalue weighted by molar-refractivity contribution is 6.13. The van der Waals surface area contributed by atoms with Crippen LogP contribution < -0.4 is 10.6 Å². The minimum absolute atomic E-state index is 0.0253. The van der Waals surface area contributed by atoms with Crippen LogP contribution in [-0.2, 0) is 9.53 Å². The Morgan fingerprint density at radius 2 is 1.76 bits per heavy atom. The summed E-state index contributed by atoms with van der Waals surface area (Å²) < 4.78 is 6.62. The molecule has 0 bridgehead atoms. The molecule has 8 heteroatoms. The Kier molecular flexibility index (Phi) is 6.40. The third kappa shape index (κ3) is 4.38. The molecule has 0 atom stereocenters. The molecule has 0 radical (unpaired) electrons. The van der Waals surface area contributed by atoms with Gasteiger partial charge in [0.25, 0.3) is 5.91 Å². The van der Waals surface area contributed by atoms with Crippen molar-refractivity contribution in [3.05, 3.63) is 78.0 Å². The molecule has 2 N–H and O–H groups in total. The zero-order valence-electron chi connectivity index (χ0n) is 19.0. The van der Waals surface area contributed by atoms with Crippen LogP contribution in [0.4, 0.5) is 11.4 Å². The van der Waals surface area contributed by atoms with Crippen molar-refractivity contribution in [3.8, 4) is 11.1 Å². The largest absolute Gasteiger partial charge is 0.465 e. The van der Waals surface area contributed by atoms with Crippen LogP contribution in [0.15, 0.2) is 66.7 Å². The van der Waals surface area contributed by atoms with Gasteiger partial charge in [0, 0.05) is 17.1 Å². The molecule has 2 amide bonds. The number of fused-ring (bicyclic) bond motifs is 1. The van der Waals surface area contributed by atoms with Crippen LogP contribution in [0, 0.1) is 0 Å². The van der Waals surface area contributed by atoms with E-state index in [9.17, 15) is 14.4 Å². The van der Waals surface area contributed by atoms with Crippen molar-refractivity contribution in [2.75, 3.05) is 17.7 Å². The molecule has 0 aliphatic heterocycles. The Morgan fingerprint density at radius 3 is 2.50 bits per heavy atom. The van der Waals surface area contributed by atoms with E-state index >= 15 is 0 Å². The summed E-state index contributed by atoms with van der Waals surface area (Å²) in [6, 6.07) is 19.9. The van der Waals surface area contributed by atoms with Crippen molar-refractivity contribution >= 4 is 40.6 Å². The minimum atomic E-state index is -0.542. The number of ether oxygens (including phenoxy) is 1. The number of carbonyl (C=O) groups is 3. The maximum Gasteiger partial charge on any atom is 0.339 e. The van der Waals surface area contributed by atoms with E-state index in [0.717, 1.165) is 16.6 Å². The van der Waals surface area contributed by atoms with Crippen LogP contribution in [0.5, 0.6) is 0 Å². The van der Waals surface area contributed by atoms with Gasteiger partial charge in [0.05, 0.1) is 23.9 Å². The van der Waals surface area contributed by atoms with Gasteiger partial charge in [0.15, 0.2) is 5.69 Å². The molecule has 1 aromatic heterocycles. The molecule has 0 fully saturated rings. The SMILES string of the molecule is COC(=O)c1ccccc1NC(=O)c1nn(C(C)C)c2ccc(-c3cccc(NC=O)c3)cc12. The van der Waals surface area contributed by atoms with Gasteiger partial charge in [-0.2, -0.15) is 5.10 Å². The zero-order chi connectivity index (χ0) is 24.2. The molecule has 1 heterocycles. The monoisotopic (exact) mass is 456 g/mol. The second-order valence-electron chi connectivity index (χ2n) is 7.95. The third-order valence-electron chi connectivity index (χ3n) is 5.41. The smallest absolute Gasteiger partial charge is 0.339 e. The molecular weight excluding hydrogens is 432 g/mol. The third-order valence-corrected chi connectivity index (χ3v) is 5.41. The lowest BCUT2D eigenvalue weighted by molar-refractivity contribution is -0.105. The Hall–Kier alpha value is -4.46. The molecule has 0 saturated heterocycles. The lowest BCUT2D eigenvalue weighted by atomic mass is 10.0. The van der Waals surface area contributed by atoms with Crippen molar-refractivity contribution in [2.24, 2.45) is 0 Å². The van der Waals surface area contributed by atoms with E-state index in [1.54, 1.807) is 35.0 Å². The summed E-state index contributed by atoms with van der Waals surface area (Å²) in [6.07, 6.45) is 0.629. The second-order valence-corrected chi connectivity index (χ2v) is 7.95. The number of amides is 2. The Labute approximate surface area is 196 Å². The van der Waals surface area contributed by atoms with Crippen LogP contribution in [0.25, 0.3) is 22.0 Å². The summed E-state index contributed by atoms with van der Waals surface area (Å²) in [7, 11) is 1.29. The van der Waals surface area contributed by atoms with E-state index in [-0.39, 0.29) is 17.3 Å². The number of nitrogens with zero attached hydrogens (tertiary/aromatic N) is 2. The molecule has 4 rings (SSSR count). The molecule has 172 valence electrons. The fraction of sp³-hybridized carbons (Fsp3) is 0.154. The van der Waals surface area contributed by atoms with E-state index in [2.05, 4.69) is 15.7 Å². The number of aromatic nitrogens is 2. The molecule has 0 aliphatic rings. The number of rotatable bonds is 7. The number of hydrogen-bond acceptors (Lipinski definition) is 5. The first kappa shape index (κ1) is 22.7. The first-order valence-corrected chi connectivity index (χ1v) is 10.7. The minimum Gasteiger partial charge on any atom is -0.465 e. The number of anilines is 2. The molecule has 34 heavy (non-hydrogen) atoms. The molecule has 4 aromatic rings. The standard InChI is InChI=1S/C26H24N4O4/c1-16(2)30-23-12-11-18(17-7-6-8-19(13-17)27-15-31)14-21(23)24(29-30)25(32)28-22-10-5-4-9-20(22)26(33)34-3/h4-16H,1-3H3,(H,27,31)(H,28,32). The van der Waals surface area contributed by atoms with Gasteiger partial charge in [-0.3, -0.25) is 14.3 Å². The number of para-hydroxylation sites is 1. The van der Waals surface area contributed by atoms with Gasteiger partial charge in [-0.1, -0.05) is 30.3 Å². The summed E-state index contributed by atoms with van der Waals surface area (Å²) in [4.78, 5) is 36.3. The summed E-state index contributed by atoms with van der Waals surface area (Å²) in [5, 5.41) is 10.7. The highest BCUT2D eigenvalue weighted by atomic mass is 16.5. The Bertz CT molecular complexity index is 1390. The topological polar surface area (TPSA) is 102 Å². The summed E-state index contributed by atoms with van der Waals surface area (Å²) in [6.45, 7) is 3.98. The summed E-state index contributed by atoms with van der Waals surface area (Å²) in [5.41, 5.74) is 4.08. The van der Waals surface area contributed by atoms with Crippen molar-refractivity contribution in [1.82, 2.24) is 9.78 Å². The predicted octanol–water partition coefficient (Wildman–Crippen LogP) is 4.89. The normalized spacial score (nSPS) is 10.8. The average Bonchev–Trinajstić information content (AvgIpc) is 3.24. The van der Waals surface area contributed by atoms with Crippen LogP contribution in [0.1, 0.15) is 40.7 Å². The lowest BCUT2D eigenvalue weighted by Gasteiger charge is -2.09. The average molecular weight is 457 g/mol. The number of hydrogen-bond donors (Lipinski definition) is 2. The first-order valence-electron chi connectivity index (χ1n) is 10.7. The van der Waals surface area contributed by atoms with Crippen LogP contribution >= 0.6 is 0 Å². The summed E-state index contributed by atoms with van der Waals surface area (Å²) >= 11 is 0. The highest BCUT2D eigenvalue weighted by Gasteiger charge is 2.21. The lowest BCUT2D eigenvalue weighted by Crippen LogP contribution is -2.16. The molecule has 0 spiro atoms. The van der Waals surface area contributed by atoms with Gasteiger partial charge in [-0.25, -0.2) is 4.79 Å². The number of esters is 1. The molecule has 0 saturated carbocycles. The maximum absolute atomic E-state index is 13.3. The number of methoxy groups -OCH3 is 1. The van der Waals surface area contributed by atoms with E-state index in [4.69, 9.17) is 4.74 Å². The van der Waals surface area contributed by atoms with Gasteiger partial charge in [-0.15, -0.1) is 0 Å². The maximum atomic E-state index is 13.3. The van der Waals surface area contributed by atoms with Gasteiger partial charge in [0.2, 0.25) is 6.41 Å². The fourth-order valence-electron chi connectivity index (χ4n) is 3.80. The fourth-order valence-corrected chi connectivity index (χ4v) is 3.80. The van der Waals surface area contributed by atoms with Gasteiger partial charge in [-0.05, 0) is 61.4 Å². The van der Waals surface area contributed by atoms with Crippen molar-refractivity contribution in [1.29, 1.82) is 0 Å². The molecule has 0 aliphatic carbocycles. The van der Waals surface area contributed by atoms with E-state index < -0.39 is 11.9 Å². The Balaban J connectivity index is 1.79. The molecule has 0 unspecified atom stereocenters. The predicted molar refractivity (Wildman–Crippen MR) is 131 cm³/mol. The van der Waals surface area contributed by atoms with E-state index in [1.807, 2.05) is 50.2 Å². The summed E-state index contributed by atoms with van der Waals surface area (Å²) in [5.74, 6) is -0.978. The Morgan fingerprint density at radius 1 is 1.00 bits per heavy atom. The van der Waals surface area contributed by atoms with Crippen molar-refractivity contribution in [3.63, 3.8) is 0 Å². The van der Waals surface area contributed by atoms with Crippen LogP contribution in [-0.4, -0.2) is 35.2 Å². The first-order chi connectivity index (χ1) is 16.4. The molecule has 8 nitrogen and oxygen atoms in total. The second kappa shape index (κ2) is 9.58. The van der Waals surface area contributed by atoms with Gasteiger partial charge in [0.1, 0.15) is 0 Å². The van der Waals surface area contributed by atoms with Crippen molar-refractivity contribution in [2.45, 2.75) is 19.9 Å². The van der Waals surface area contributed by atoms with Gasteiger partial charge < -0.3 is 15.4 Å². The van der Waals surface area contributed by atoms with Gasteiger partial charge >= 0.3 is 5.97 Å². The molecule has 3 aromatic carbocycles. The van der Waals surface area contributed by atoms with E-state index in [0.29, 0.717) is 23.2 Å². The number of carbonyl (C=O) groups excluding carboxylic acids is 3. The number of benzene rings is 3. The molecular formula is C26H24N4O4. The highest BCUT2D eigenvalue weighted by Crippen LogP contribution is 2.30. The van der Waals surface area contributed by atoms with E-state index in [1.165, 1.54) is 7.11 Å². The zero-order valence-corrected chi connectivity index (χ0v) is 19.0. The quantitative estimate of drug-likeness (QED) is 0.304. The number of nitrogens with one attached hydrogen (secondary N) is 2. The van der Waals surface area contributed by atoms with Crippen LogP contribution in [0.3, 0.4) is 0 Å². The van der Waals surface area contributed by atoms with Crippen molar-refractivity contribution < 1.29 is 19.1 Å².